The van der Waals surface area contributed by atoms with E-state index in [1.54, 1.807) is 23.6 Å². The van der Waals surface area contributed by atoms with Crippen molar-refractivity contribution in [3.05, 3.63) is 69.7 Å². The van der Waals surface area contributed by atoms with Gasteiger partial charge in [0.05, 0.1) is 0 Å². The molecule has 0 N–H and O–H groups in total. The molecule has 2 aromatic carbocycles. The molecule has 8 heteroatoms. The summed E-state index contributed by atoms with van der Waals surface area (Å²) in [6.45, 7) is 2.77. The lowest BCUT2D eigenvalue weighted by molar-refractivity contribution is 0.0469. The molecule has 0 saturated carbocycles. The van der Waals surface area contributed by atoms with Gasteiger partial charge in [0, 0.05) is 10.9 Å². The van der Waals surface area contributed by atoms with Crippen molar-refractivity contribution in [1.29, 1.82) is 0 Å². The monoisotopic (exact) mass is 425 g/mol. The Labute approximate surface area is 177 Å². The highest BCUT2D eigenvalue weighted by Crippen LogP contribution is 2.30. The van der Waals surface area contributed by atoms with Crippen LogP contribution in [0, 0.1) is 6.92 Å². The Balaban J connectivity index is 1.30. The lowest BCUT2D eigenvalue weighted by Crippen LogP contribution is -2.17. The van der Waals surface area contributed by atoms with E-state index < -0.39 is 5.97 Å². The Morgan fingerprint density at radius 3 is 2.63 bits per heavy atom. The molecular formula is C22H19NO6S. The predicted molar refractivity (Wildman–Crippen MR) is 110 cm³/mol. The largest absolute Gasteiger partial charge is 0.486 e. The van der Waals surface area contributed by atoms with Gasteiger partial charge in [0.25, 0.3) is 0 Å². The topological polar surface area (TPSA) is 84.0 Å². The Morgan fingerprint density at radius 2 is 1.83 bits per heavy atom. The number of benzene rings is 2. The number of fused-ring (bicyclic) bond motifs is 1. The second-order valence-electron chi connectivity index (χ2n) is 6.59. The Kier molecular flexibility index (Phi) is 5.94. The first-order valence-corrected chi connectivity index (χ1v) is 10.2. The Morgan fingerprint density at radius 1 is 1.07 bits per heavy atom. The maximum atomic E-state index is 12.3. The van der Waals surface area contributed by atoms with Crippen molar-refractivity contribution < 1.29 is 28.5 Å². The highest BCUT2D eigenvalue weighted by Gasteiger charge is 2.18. The summed E-state index contributed by atoms with van der Waals surface area (Å²) in [5.74, 6) is 0.843. The minimum absolute atomic E-state index is 0.150. The van der Waals surface area contributed by atoms with Crippen LogP contribution in [0.25, 0.3) is 0 Å². The van der Waals surface area contributed by atoms with Crippen LogP contribution in [0.5, 0.6) is 17.2 Å². The van der Waals surface area contributed by atoms with Gasteiger partial charge in [-0.2, -0.15) is 0 Å². The molecule has 0 aliphatic carbocycles. The van der Waals surface area contributed by atoms with Crippen molar-refractivity contribution >= 4 is 23.1 Å². The molecular weight excluding hydrogens is 406 g/mol. The van der Waals surface area contributed by atoms with Crippen LogP contribution in [0.1, 0.15) is 31.4 Å². The smallest absolute Gasteiger partial charge is 0.358 e. The highest BCUT2D eigenvalue weighted by molar-refractivity contribution is 7.09. The molecule has 0 amide bonds. The zero-order valence-corrected chi connectivity index (χ0v) is 17.1. The van der Waals surface area contributed by atoms with E-state index in [-0.39, 0.29) is 24.7 Å². The molecule has 1 aliphatic heterocycles. The van der Waals surface area contributed by atoms with Crippen LogP contribution in [0.2, 0.25) is 0 Å². The standard InChI is InChI=1S/C22H19NO6S/c1-14-2-5-16(6-3-14)28-12-21-23-17(13-30-21)22(25)29-11-18(24)15-4-7-19-20(10-15)27-9-8-26-19/h2-7,10,13H,8-9,11-12H2,1H3. The minimum Gasteiger partial charge on any atom is -0.486 e. The van der Waals surface area contributed by atoms with E-state index in [2.05, 4.69) is 4.98 Å². The van der Waals surface area contributed by atoms with E-state index in [9.17, 15) is 9.59 Å². The van der Waals surface area contributed by atoms with E-state index in [1.165, 1.54) is 11.3 Å². The third-order valence-corrected chi connectivity index (χ3v) is 5.17. The third-order valence-electron chi connectivity index (χ3n) is 4.34. The quantitative estimate of drug-likeness (QED) is 0.420. The summed E-state index contributed by atoms with van der Waals surface area (Å²) in [6, 6.07) is 12.5. The van der Waals surface area contributed by atoms with Gasteiger partial charge in [0.2, 0.25) is 0 Å². The average molecular weight is 425 g/mol. The lowest BCUT2D eigenvalue weighted by Gasteiger charge is -2.18. The molecule has 0 fully saturated rings. The number of hydrogen-bond acceptors (Lipinski definition) is 8. The fraction of sp³-hybridized carbons (Fsp3) is 0.227. The highest BCUT2D eigenvalue weighted by atomic mass is 32.1. The number of carbonyl (C=O) groups excluding carboxylic acids is 2. The van der Waals surface area contributed by atoms with Crippen molar-refractivity contribution in [2.24, 2.45) is 0 Å². The first-order chi connectivity index (χ1) is 14.6. The number of thiazole rings is 1. The van der Waals surface area contributed by atoms with Gasteiger partial charge in [-0.3, -0.25) is 4.79 Å². The van der Waals surface area contributed by atoms with Crippen LogP contribution < -0.4 is 14.2 Å². The average Bonchev–Trinajstić information content (AvgIpc) is 3.26. The van der Waals surface area contributed by atoms with E-state index in [0.29, 0.717) is 35.3 Å². The molecule has 0 bridgehead atoms. The van der Waals surface area contributed by atoms with Crippen LogP contribution in [0.15, 0.2) is 47.8 Å². The summed E-state index contributed by atoms with van der Waals surface area (Å²) in [5, 5.41) is 2.23. The molecule has 2 heterocycles. The van der Waals surface area contributed by atoms with Crippen molar-refractivity contribution in [3.63, 3.8) is 0 Å². The molecule has 154 valence electrons. The maximum absolute atomic E-state index is 12.3. The van der Waals surface area contributed by atoms with Crippen LogP contribution >= 0.6 is 11.3 Å². The van der Waals surface area contributed by atoms with Gasteiger partial charge < -0.3 is 18.9 Å². The van der Waals surface area contributed by atoms with Crippen molar-refractivity contribution in [3.8, 4) is 17.2 Å². The molecule has 30 heavy (non-hydrogen) atoms. The van der Waals surface area contributed by atoms with Gasteiger partial charge in [0.15, 0.2) is 29.6 Å². The molecule has 3 aromatic rings. The molecule has 1 aliphatic rings. The summed E-state index contributed by atoms with van der Waals surface area (Å²) in [6.07, 6.45) is 0. The van der Waals surface area contributed by atoms with Crippen LogP contribution in [-0.4, -0.2) is 36.6 Å². The first kappa shape index (κ1) is 19.9. The van der Waals surface area contributed by atoms with Crippen molar-refractivity contribution in [2.45, 2.75) is 13.5 Å². The second-order valence-corrected chi connectivity index (χ2v) is 7.53. The minimum atomic E-state index is -0.654. The summed E-state index contributed by atoms with van der Waals surface area (Å²) in [5.41, 5.74) is 1.68. The molecule has 1 aromatic heterocycles. The number of hydrogen-bond donors (Lipinski definition) is 0. The van der Waals surface area contributed by atoms with Gasteiger partial charge >= 0.3 is 5.97 Å². The zero-order valence-electron chi connectivity index (χ0n) is 16.3. The number of aryl methyl sites for hydroxylation is 1. The van der Waals surface area contributed by atoms with Gasteiger partial charge in [-0.05, 0) is 37.3 Å². The first-order valence-electron chi connectivity index (χ1n) is 9.32. The van der Waals surface area contributed by atoms with E-state index in [0.717, 1.165) is 11.3 Å². The molecule has 0 unspecified atom stereocenters. The molecule has 0 saturated heterocycles. The molecule has 4 rings (SSSR count). The van der Waals surface area contributed by atoms with Gasteiger partial charge in [0.1, 0.15) is 30.6 Å². The molecule has 7 nitrogen and oxygen atoms in total. The summed E-state index contributed by atoms with van der Waals surface area (Å²) in [4.78, 5) is 28.8. The molecule has 0 spiro atoms. The van der Waals surface area contributed by atoms with Crippen LogP contribution in [0.4, 0.5) is 0 Å². The van der Waals surface area contributed by atoms with Gasteiger partial charge in [-0.15, -0.1) is 11.3 Å². The second kappa shape index (κ2) is 8.96. The molecule has 0 radical (unpaired) electrons. The van der Waals surface area contributed by atoms with Crippen LogP contribution in [0.3, 0.4) is 0 Å². The number of aromatic nitrogens is 1. The normalized spacial score (nSPS) is 12.3. The van der Waals surface area contributed by atoms with Crippen LogP contribution in [-0.2, 0) is 11.3 Å². The fourth-order valence-electron chi connectivity index (χ4n) is 2.76. The van der Waals surface area contributed by atoms with Crippen molar-refractivity contribution in [1.82, 2.24) is 4.98 Å². The van der Waals surface area contributed by atoms with Gasteiger partial charge in [-0.25, -0.2) is 9.78 Å². The number of rotatable bonds is 7. The predicted octanol–water partition coefficient (Wildman–Crippen LogP) is 3.84. The summed E-state index contributed by atoms with van der Waals surface area (Å²) < 4.78 is 21.7. The molecule has 0 atom stereocenters. The van der Waals surface area contributed by atoms with E-state index >= 15 is 0 Å². The lowest BCUT2D eigenvalue weighted by atomic mass is 10.1. The van der Waals surface area contributed by atoms with E-state index in [4.69, 9.17) is 18.9 Å². The van der Waals surface area contributed by atoms with E-state index in [1.807, 2.05) is 31.2 Å². The number of carbonyl (C=O) groups is 2. The number of Topliss-reactive ketones (excluding diaryl/α,β-unsaturated/α-hetero) is 1. The fourth-order valence-corrected chi connectivity index (χ4v) is 3.43. The SMILES string of the molecule is Cc1ccc(OCc2nc(C(=O)OCC(=O)c3ccc4c(c3)OCCO4)cs2)cc1. The third kappa shape index (κ3) is 4.77. The summed E-state index contributed by atoms with van der Waals surface area (Å²) >= 11 is 1.29. The summed E-state index contributed by atoms with van der Waals surface area (Å²) in [7, 11) is 0. The zero-order chi connectivity index (χ0) is 20.9. The number of esters is 1. The van der Waals surface area contributed by atoms with Gasteiger partial charge in [-0.1, -0.05) is 17.7 Å². The number of ether oxygens (including phenoxy) is 4. The van der Waals surface area contributed by atoms with Crippen molar-refractivity contribution in [2.75, 3.05) is 19.8 Å². The number of ketones is 1. The Bertz CT molecular complexity index is 1060. The number of nitrogens with zero attached hydrogens (tertiary/aromatic N) is 1. The Hall–Kier alpha value is -3.39. The maximum Gasteiger partial charge on any atom is 0.358 e.